The third-order valence-electron chi connectivity index (χ3n) is 3.38. The van der Waals surface area contributed by atoms with Crippen molar-refractivity contribution >= 4 is 0 Å². The van der Waals surface area contributed by atoms with Crippen molar-refractivity contribution in [3.63, 3.8) is 0 Å². The Morgan fingerprint density at radius 1 is 1.12 bits per heavy atom. The van der Waals surface area contributed by atoms with E-state index in [1.54, 1.807) is 0 Å². The summed E-state index contributed by atoms with van der Waals surface area (Å²) >= 11 is 0. The molecule has 0 aliphatic heterocycles. The van der Waals surface area contributed by atoms with E-state index in [0.717, 1.165) is 5.92 Å². The van der Waals surface area contributed by atoms with Crippen LogP contribution < -0.4 is 0 Å². The van der Waals surface area contributed by atoms with Gasteiger partial charge in [-0.15, -0.1) is 0 Å². The standard InChI is InChI=1S/C16H27N/c1-5-15(16-9-7-6-8-10-16)13-17(4)12-11-14(2)3/h6-10,14-15H,5,11-13H2,1-4H3. The Morgan fingerprint density at radius 3 is 2.29 bits per heavy atom. The zero-order valence-corrected chi connectivity index (χ0v) is 11.8. The van der Waals surface area contributed by atoms with Gasteiger partial charge in [-0.05, 0) is 43.8 Å². The van der Waals surface area contributed by atoms with Crippen LogP contribution in [0.5, 0.6) is 0 Å². The first-order valence-electron chi connectivity index (χ1n) is 6.87. The largest absolute Gasteiger partial charge is 0.306 e. The van der Waals surface area contributed by atoms with Crippen LogP contribution in [-0.2, 0) is 0 Å². The lowest BCUT2D eigenvalue weighted by Crippen LogP contribution is -2.26. The first kappa shape index (κ1) is 14.2. The molecule has 1 nitrogen and oxygen atoms in total. The molecule has 1 rings (SSSR count). The van der Waals surface area contributed by atoms with Gasteiger partial charge in [-0.25, -0.2) is 0 Å². The Kier molecular flexibility index (Phi) is 6.28. The van der Waals surface area contributed by atoms with Crippen molar-refractivity contribution in [1.29, 1.82) is 0 Å². The molecule has 0 saturated carbocycles. The van der Waals surface area contributed by atoms with Crippen LogP contribution in [0.3, 0.4) is 0 Å². The Bertz CT molecular complexity index is 292. The predicted molar refractivity (Wildman–Crippen MR) is 76.4 cm³/mol. The minimum absolute atomic E-state index is 0.674. The second-order valence-corrected chi connectivity index (χ2v) is 5.46. The van der Waals surface area contributed by atoms with Gasteiger partial charge in [0.15, 0.2) is 0 Å². The molecule has 1 atom stereocenters. The molecule has 1 aromatic rings. The van der Waals surface area contributed by atoms with Gasteiger partial charge in [0.1, 0.15) is 0 Å². The van der Waals surface area contributed by atoms with E-state index < -0.39 is 0 Å². The lowest BCUT2D eigenvalue weighted by Gasteiger charge is -2.24. The zero-order valence-electron chi connectivity index (χ0n) is 11.8. The molecule has 0 heterocycles. The van der Waals surface area contributed by atoms with Crippen molar-refractivity contribution in [2.24, 2.45) is 5.92 Å². The van der Waals surface area contributed by atoms with Crippen LogP contribution in [-0.4, -0.2) is 25.0 Å². The van der Waals surface area contributed by atoms with Gasteiger partial charge in [0, 0.05) is 6.54 Å². The summed E-state index contributed by atoms with van der Waals surface area (Å²) < 4.78 is 0. The molecule has 0 radical (unpaired) electrons. The van der Waals surface area contributed by atoms with Crippen LogP contribution in [0.25, 0.3) is 0 Å². The predicted octanol–water partition coefficient (Wildman–Crippen LogP) is 4.16. The molecule has 1 aromatic carbocycles. The Labute approximate surface area is 107 Å². The van der Waals surface area contributed by atoms with Crippen molar-refractivity contribution in [1.82, 2.24) is 4.90 Å². The maximum atomic E-state index is 2.47. The topological polar surface area (TPSA) is 3.24 Å². The van der Waals surface area contributed by atoms with Gasteiger partial charge in [-0.3, -0.25) is 0 Å². The van der Waals surface area contributed by atoms with Gasteiger partial charge >= 0.3 is 0 Å². The molecule has 0 bridgehead atoms. The van der Waals surface area contributed by atoms with E-state index in [9.17, 15) is 0 Å². The minimum Gasteiger partial charge on any atom is -0.306 e. The summed E-state index contributed by atoms with van der Waals surface area (Å²) in [4.78, 5) is 2.47. The van der Waals surface area contributed by atoms with E-state index >= 15 is 0 Å². The van der Waals surface area contributed by atoms with Crippen molar-refractivity contribution < 1.29 is 0 Å². The highest BCUT2D eigenvalue weighted by Crippen LogP contribution is 2.20. The third kappa shape index (κ3) is 5.36. The van der Waals surface area contributed by atoms with E-state index in [1.807, 2.05) is 0 Å². The van der Waals surface area contributed by atoms with Crippen molar-refractivity contribution in [3.05, 3.63) is 35.9 Å². The molecule has 0 saturated heterocycles. The van der Waals surface area contributed by atoms with Crippen LogP contribution in [0, 0.1) is 5.92 Å². The summed E-state index contributed by atoms with van der Waals surface area (Å²) in [6.07, 6.45) is 2.51. The quantitative estimate of drug-likeness (QED) is 0.683. The van der Waals surface area contributed by atoms with Crippen molar-refractivity contribution in [3.8, 4) is 0 Å². The fraction of sp³-hybridized carbons (Fsp3) is 0.625. The molecule has 1 heteroatoms. The Morgan fingerprint density at radius 2 is 1.76 bits per heavy atom. The lowest BCUT2D eigenvalue weighted by atomic mass is 9.96. The van der Waals surface area contributed by atoms with Crippen LogP contribution in [0.1, 0.15) is 45.1 Å². The smallest absolute Gasteiger partial charge is 0.00471 e. The first-order chi connectivity index (χ1) is 8.13. The molecule has 0 aliphatic rings. The van der Waals surface area contributed by atoms with E-state index in [0.29, 0.717) is 5.92 Å². The Balaban J connectivity index is 2.47. The fourth-order valence-electron chi connectivity index (χ4n) is 2.14. The molecular weight excluding hydrogens is 206 g/mol. The van der Waals surface area contributed by atoms with E-state index in [2.05, 4.69) is 63.1 Å². The molecule has 0 aromatic heterocycles. The normalized spacial score (nSPS) is 13.3. The van der Waals surface area contributed by atoms with Gasteiger partial charge in [0.25, 0.3) is 0 Å². The maximum absolute atomic E-state index is 2.47. The highest BCUT2D eigenvalue weighted by Gasteiger charge is 2.11. The number of hydrogen-bond donors (Lipinski definition) is 0. The highest BCUT2D eigenvalue weighted by atomic mass is 15.1. The summed E-state index contributed by atoms with van der Waals surface area (Å²) in [5.41, 5.74) is 1.48. The van der Waals surface area contributed by atoms with Crippen molar-refractivity contribution in [2.75, 3.05) is 20.1 Å². The number of benzene rings is 1. The second-order valence-electron chi connectivity index (χ2n) is 5.46. The van der Waals surface area contributed by atoms with Gasteiger partial charge < -0.3 is 4.90 Å². The molecular formula is C16H27N. The molecule has 96 valence electrons. The van der Waals surface area contributed by atoms with Gasteiger partial charge in [-0.1, -0.05) is 51.1 Å². The highest BCUT2D eigenvalue weighted by molar-refractivity contribution is 5.19. The molecule has 0 aliphatic carbocycles. The molecule has 0 spiro atoms. The van der Waals surface area contributed by atoms with E-state index in [-0.39, 0.29) is 0 Å². The number of likely N-dealkylation sites (N-methyl/N-ethyl adjacent to an activating group) is 1. The van der Waals surface area contributed by atoms with Gasteiger partial charge in [0.05, 0.1) is 0 Å². The minimum atomic E-state index is 0.674. The second kappa shape index (κ2) is 7.50. The monoisotopic (exact) mass is 233 g/mol. The Hall–Kier alpha value is -0.820. The van der Waals surface area contributed by atoms with Gasteiger partial charge in [0.2, 0.25) is 0 Å². The van der Waals surface area contributed by atoms with E-state index in [1.165, 1.54) is 31.5 Å². The molecule has 17 heavy (non-hydrogen) atoms. The third-order valence-corrected chi connectivity index (χ3v) is 3.38. The van der Waals surface area contributed by atoms with Crippen LogP contribution >= 0.6 is 0 Å². The van der Waals surface area contributed by atoms with Crippen LogP contribution in [0.2, 0.25) is 0 Å². The zero-order chi connectivity index (χ0) is 12.7. The average Bonchev–Trinajstić information content (AvgIpc) is 2.34. The average molecular weight is 233 g/mol. The van der Waals surface area contributed by atoms with Gasteiger partial charge in [-0.2, -0.15) is 0 Å². The number of hydrogen-bond acceptors (Lipinski definition) is 1. The summed E-state index contributed by atoms with van der Waals surface area (Å²) in [5, 5.41) is 0. The van der Waals surface area contributed by atoms with Crippen LogP contribution in [0.15, 0.2) is 30.3 Å². The molecule has 1 unspecified atom stereocenters. The summed E-state index contributed by atoms with van der Waals surface area (Å²) in [6, 6.07) is 10.9. The molecule has 0 N–H and O–H groups in total. The summed E-state index contributed by atoms with van der Waals surface area (Å²) in [5.74, 6) is 1.47. The number of nitrogens with zero attached hydrogens (tertiary/aromatic N) is 1. The van der Waals surface area contributed by atoms with E-state index in [4.69, 9.17) is 0 Å². The number of rotatable bonds is 7. The van der Waals surface area contributed by atoms with Crippen molar-refractivity contribution in [2.45, 2.75) is 39.5 Å². The lowest BCUT2D eigenvalue weighted by molar-refractivity contribution is 0.288. The SMILES string of the molecule is CCC(CN(C)CCC(C)C)c1ccccc1. The van der Waals surface area contributed by atoms with Crippen LogP contribution in [0.4, 0.5) is 0 Å². The maximum Gasteiger partial charge on any atom is 0.00471 e. The molecule has 0 fully saturated rings. The summed E-state index contributed by atoms with van der Waals surface area (Å²) in [7, 11) is 2.24. The summed E-state index contributed by atoms with van der Waals surface area (Å²) in [6.45, 7) is 9.26. The first-order valence-corrected chi connectivity index (χ1v) is 6.87. The fourth-order valence-corrected chi connectivity index (χ4v) is 2.14. The molecule has 0 amide bonds.